The average molecular weight is 319 g/mol. The number of carbonyl (C=O) groups excluding carboxylic acids is 1. The zero-order valence-electron chi connectivity index (χ0n) is 14.9. The minimum Gasteiger partial charge on any atom is -0.344 e. The fraction of sp³-hybridized carbons (Fsp3) is 0.625. The lowest BCUT2D eigenvalue weighted by Crippen LogP contribution is -2.40. The van der Waals surface area contributed by atoms with Gasteiger partial charge in [-0.05, 0) is 39.7 Å². The summed E-state index contributed by atoms with van der Waals surface area (Å²) in [6.07, 6.45) is 0.785. The maximum absolute atomic E-state index is 11.3. The van der Waals surface area contributed by atoms with Gasteiger partial charge in [-0.25, -0.2) is 0 Å². The van der Waals surface area contributed by atoms with Crippen LogP contribution < -0.4 is 5.32 Å². The van der Waals surface area contributed by atoms with Crippen molar-refractivity contribution >= 4 is 5.91 Å². The second-order valence-corrected chi connectivity index (χ2v) is 6.64. The molecule has 0 saturated heterocycles. The van der Waals surface area contributed by atoms with Crippen LogP contribution in [0.15, 0.2) is 4.52 Å². The number of nitrogens with zero attached hydrogens (tertiary/aromatic N) is 4. The molecule has 1 N–H and O–H groups in total. The van der Waals surface area contributed by atoms with E-state index in [1.807, 2.05) is 32.5 Å². The number of aromatic nitrogens is 4. The Hall–Kier alpha value is -2.18. The van der Waals surface area contributed by atoms with E-state index in [-0.39, 0.29) is 11.8 Å². The summed E-state index contributed by atoms with van der Waals surface area (Å²) in [6, 6.07) is 0. The van der Waals surface area contributed by atoms with Gasteiger partial charge in [-0.1, -0.05) is 12.1 Å². The smallest absolute Gasteiger partial charge is 0.229 e. The zero-order chi connectivity index (χ0) is 17.4. The van der Waals surface area contributed by atoms with Gasteiger partial charge in [-0.2, -0.15) is 10.1 Å². The van der Waals surface area contributed by atoms with Crippen LogP contribution in [0, 0.1) is 13.8 Å². The SMILES string of the molecule is CC(=O)NC(C)(C)c1noc(C(C)Cc2c(C)nn(C)c2C)n1. The Balaban J connectivity index is 2.18. The van der Waals surface area contributed by atoms with Crippen molar-refractivity contribution in [3.05, 3.63) is 28.7 Å². The van der Waals surface area contributed by atoms with Crippen molar-refractivity contribution in [1.29, 1.82) is 0 Å². The van der Waals surface area contributed by atoms with Crippen molar-refractivity contribution < 1.29 is 9.32 Å². The molecule has 2 aromatic heterocycles. The first-order chi connectivity index (χ1) is 10.6. The van der Waals surface area contributed by atoms with Gasteiger partial charge < -0.3 is 9.84 Å². The quantitative estimate of drug-likeness (QED) is 0.912. The van der Waals surface area contributed by atoms with Gasteiger partial charge in [0.25, 0.3) is 0 Å². The summed E-state index contributed by atoms with van der Waals surface area (Å²) in [5, 5.41) is 11.3. The van der Waals surface area contributed by atoms with E-state index in [4.69, 9.17) is 4.52 Å². The van der Waals surface area contributed by atoms with E-state index in [1.165, 1.54) is 12.5 Å². The van der Waals surface area contributed by atoms with Crippen molar-refractivity contribution in [3.8, 4) is 0 Å². The minimum atomic E-state index is -0.659. The summed E-state index contributed by atoms with van der Waals surface area (Å²) in [7, 11) is 1.94. The first-order valence-electron chi connectivity index (χ1n) is 7.73. The molecule has 1 amide bonds. The van der Waals surface area contributed by atoms with Crippen molar-refractivity contribution in [2.45, 2.75) is 59.4 Å². The number of rotatable bonds is 5. The van der Waals surface area contributed by atoms with E-state index in [0.29, 0.717) is 11.7 Å². The minimum absolute atomic E-state index is 0.0750. The van der Waals surface area contributed by atoms with Gasteiger partial charge in [0.1, 0.15) is 0 Å². The molecule has 23 heavy (non-hydrogen) atoms. The van der Waals surface area contributed by atoms with Crippen molar-refractivity contribution in [2.24, 2.45) is 7.05 Å². The van der Waals surface area contributed by atoms with Gasteiger partial charge in [0.15, 0.2) is 5.82 Å². The number of hydrogen-bond donors (Lipinski definition) is 1. The molecular weight excluding hydrogens is 294 g/mol. The molecule has 7 heteroatoms. The number of aryl methyl sites for hydroxylation is 2. The third kappa shape index (κ3) is 3.60. The summed E-state index contributed by atoms with van der Waals surface area (Å²) in [5.41, 5.74) is 2.72. The second-order valence-electron chi connectivity index (χ2n) is 6.64. The Morgan fingerprint density at radius 2 is 2.04 bits per heavy atom. The van der Waals surface area contributed by atoms with Crippen LogP contribution in [0.4, 0.5) is 0 Å². The van der Waals surface area contributed by atoms with E-state index < -0.39 is 5.54 Å². The lowest BCUT2D eigenvalue weighted by Gasteiger charge is -2.21. The van der Waals surface area contributed by atoms with E-state index >= 15 is 0 Å². The molecule has 0 aliphatic carbocycles. The number of amides is 1. The average Bonchev–Trinajstić information content (AvgIpc) is 2.99. The Morgan fingerprint density at radius 1 is 1.39 bits per heavy atom. The molecule has 0 bridgehead atoms. The van der Waals surface area contributed by atoms with Gasteiger partial charge in [0.2, 0.25) is 11.8 Å². The highest BCUT2D eigenvalue weighted by atomic mass is 16.5. The summed E-state index contributed by atoms with van der Waals surface area (Å²) in [4.78, 5) is 15.8. The van der Waals surface area contributed by atoms with Crippen LogP contribution in [0.25, 0.3) is 0 Å². The second kappa shape index (κ2) is 6.14. The molecule has 126 valence electrons. The van der Waals surface area contributed by atoms with Crippen molar-refractivity contribution in [2.75, 3.05) is 0 Å². The van der Waals surface area contributed by atoms with E-state index in [9.17, 15) is 4.79 Å². The Morgan fingerprint density at radius 3 is 2.57 bits per heavy atom. The molecule has 1 atom stereocenters. The van der Waals surface area contributed by atoms with Crippen LogP contribution in [0.1, 0.15) is 62.3 Å². The highest BCUT2D eigenvalue weighted by Crippen LogP contribution is 2.25. The van der Waals surface area contributed by atoms with Gasteiger partial charge in [0.05, 0.1) is 11.2 Å². The van der Waals surface area contributed by atoms with Crippen molar-refractivity contribution in [3.63, 3.8) is 0 Å². The van der Waals surface area contributed by atoms with Crippen LogP contribution in [-0.2, 0) is 23.8 Å². The van der Waals surface area contributed by atoms with Gasteiger partial charge in [-0.3, -0.25) is 9.48 Å². The molecule has 0 aliphatic rings. The standard InChI is InChI=1S/C16H25N5O2/c1-9(8-13-10(2)19-21(7)11(13)3)14-17-15(20-23-14)16(5,6)18-12(4)22/h9H,8H2,1-7H3,(H,18,22). The predicted octanol–water partition coefficient (Wildman–Crippen LogP) is 2.14. The normalized spacial score (nSPS) is 13.2. The Labute approximate surface area is 136 Å². The third-order valence-electron chi connectivity index (χ3n) is 4.08. The van der Waals surface area contributed by atoms with Crippen LogP contribution in [0.5, 0.6) is 0 Å². The molecule has 2 rings (SSSR count). The maximum atomic E-state index is 11.3. The molecule has 2 aromatic rings. The van der Waals surface area contributed by atoms with E-state index in [1.54, 1.807) is 0 Å². The highest BCUT2D eigenvalue weighted by molar-refractivity contribution is 5.73. The van der Waals surface area contributed by atoms with Crippen molar-refractivity contribution in [1.82, 2.24) is 25.2 Å². The van der Waals surface area contributed by atoms with Crippen LogP contribution in [0.2, 0.25) is 0 Å². The molecule has 1 unspecified atom stereocenters. The Bertz CT molecular complexity index is 714. The molecule has 0 aromatic carbocycles. The van der Waals surface area contributed by atoms with E-state index in [2.05, 4.69) is 34.4 Å². The first kappa shape index (κ1) is 17.2. The molecule has 0 radical (unpaired) electrons. The topological polar surface area (TPSA) is 85.8 Å². The summed E-state index contributed by atoms with van der Waals surface area (Å²) in [5.74, 6) is 0.997. The summed E-state index contributed by atoms with van der Waals surface area (Å²) < 4.78 is 7.30. The zero-order valence-corrected chi connectivity index (χ0v) is 14.9. The number of hydrogen-bond acceptors (Lipinski definition) is 5. The van der Waals surface area contributed by atoms with Crippen LogP contribution in [0.3, 0.4) is 0 Å². The summed E-state index contributed by atoms with van der Waals surface area (Å²) in [6.45, 7) is 11.3. The number of nitrogens with one attached hydrogen (secondary N) is 1. The van der Waals surface area contributed by atoms with Crippen LogP contribution in [-0.4, -0.2) is 25.8 Å². The van der Waals surface area contributed by atoms with Gasteiger partial charge >= 0.3 is 0 Å². The molecule has 0 saturated carbocycles. The fourth-order valence-electron chi connectivity index (χ4n) is 2.69. The molecule has 0 spiro atoms. The molecular formula is C16H25N5O2. The van der Waals surface area contributed by atoms with Gasteiger partial charge in [-0.15, -0.1) is 0 Å². The molecule has 2 heterocycles. The summed E-state index contributed by atoms with van der Waals surface area (Å²) >= 11 is 0. The fourth-order valence-corrected chi connectivity index (χ4v) is 2.69. The molecule has 7 nitrogen and oxygen atoms in total. The maximum Gasteiger partial charge on any atom is 0.229 e. The molecule has 0 aliphatic heterocycles. The van der Waals surface area contributed by atoms with Gasteiger partial charge in [0, 0.05) is 25.6 Å². The Kier molecular flexibility index (Phi) is 4.58. The third-order valence-corrected chi connectivity index (χ3v) is 4.08. The first-order valence-corrected chi connectivity index (χ1v) is 7.73. The van der Waals surface area contributed by atoms with E-state index in [0.717, 1.165) is 17.8 Å². The lowest BCUT2D eigenvalue weighted by molar-refractivity contribution is -0.120. The molecule has 0 fully saturated rings. The predicted molar refractivity (Wildman–Crippen MR) is 85.9 cm³/mol. The lowest BCUT2D eigenvalue weighted by atomic mass is 9.99. The largest absolute Gasteiger partial charge is 0.344 e. The highest BCUT2D eigenvalue weighted by Gasteiger charge is 2.29. The van der Waals surface area contributed by atoms with Crippen LogP contribution >= 0.6 is 0 Å². The monoisotopic (exact) mass is 319 g/mol. The number of carbonyl (C=O) groups is 1.